The molecule has 0 amide bonds. The van der Waals surface area contributed by atoms with E-state index in [1.807, 2.05) is 6.92 Å². The molecular weight excluding hydrogens is 336 g/mol. The SMILES string of the molecule is C#C[C@]1([C@H](C)O)CC[C@H]2[C@@H]3CCC4=C(CCC5(C4)OCCO5)C3=CC[C@@]21C. The molecule has 0 aromatic heterocycles. The lowest BCUT2D eigenvalue weighted by atomic mass is 9.52. The Morgan fingerprint density at radius 1 is 1.22 bits per heavy atom. The van der Waals surface area contributed by atoms with E-state index in [2.05, 4.69) is 18.9 Å². The maximum absolute atomic E-state index is 10.6. The Bertz CT molecular complexity index is 748. The Morgan fingerprint density at radius 3 is 2.70 bits per heavy atom. The minimum Gasteiger partial charge on any atom is -0.392 e. The Balaban J connectivity index is 1.49. The first-order valence-corrected chi connectivity index (χ1v) is 10.8. The Morgan fingerprint density at radius 2 is 2.00 bits per heavy atom. The van der Waals surface area contributed by atoms with Crippen molar-refractivity contribution in [2.45, 2.75) is 77.1 Å². The van der Waals surface area contributed by atoms with Crippen molar-refractivity contribution in [3.63, 3.8) is 0 Å². The van der Waals surface area contributed by atoms with Crippen LogP contribution in [0.5, 0.6) is 0 Å². The van der Waals surface area contributed by atoms with Crippen molar-refractivity contribution in [3.05, 3.63) is 22.8 Å². The number of hydrogen-bond donors (Lipinski definition) is 1. The molecule has 0 unspecified atom stereocenters. The van der Waals surface area contributed by atoms with Crippen LogP contribution in [-0.4, -0.2) is 30.2 Å². The van der Waals surface area contributed by atoms with Crippen LogP contribution in [0.25, 0.3) is 0 Å². The molecule has 1 spiro atoms. The van der Waals surface area contributed by atoms with E-state index in [9.17, 15) is 5.11 Å². The third-order valence-electron chi connectivity index (χ3n) is 8.87. The first kappa shape index (κ1) is 18.0. The van der Waals surface area contributed by atoms with Crippen LogP contribution in [0.3, 0.4) is 0 Å². The summed E-state index contributed by atoms with van der Waals surface area (Å²) < 4.78 is 12.0. The number of terminal acetylenes is 1. The van der Waals surface area contributed by atoms with E-state index in [1.54, 1.807) is 16.7 Å². The zero-order chi connectivity index (χ0) is 18.9. The van der Waals surface area contributed by atoms with E-state index < -0.39 is 6.10 Å². The number of rotatable bonds is 1. The van der Waals surface area contributed by atoms with Gasteiger partial charge in [-0.05, 0) is 73.8 Å². The largest absolute Gasteiger partial charge is 0.392 e. The zero-order valence-corrected chi connectivity index (χ0v) is 16.7. The van der Waals surface area contributed by atoms with Gasteiger partial charge in [0, 0.05) is 12.8 Å². The lowest BCUT2D eigenvalue weighted by molar-refractivity contribution is -0.164. The minimum absolute atomic E-state index is 0.00963. The second kappa shape index (κ2) is 5.96. The molecular formula is C24H32O3. The fourth-order valence-corrected chi connectivity index (χ4v) is 7.41. The fourth-order valence-electron chi connectivity index (χ4n) is 7.41. The average Bonchev–Trinajstić information content (AvgIpc) is 3.23. The van der Waals surface area contributed by atoms with Crippen molar-refractivity contribution in [3.8, 4) is 12.3 Å². The molecule has 3 heteroatoms. The van der Waals surface area contributed by atoms with E-state index in [0.717, 1.165) is 58.2 Å². The summed E-state index contributed by atoms with van der Waals surface area (Å²) in [6, 6.07) is 0. The van der Waals surface area contributed by atoms with Crippen LogP contribution < -0.4 is 0 Å². The summed E-state index contributed by atoms with van der Waals surface area (Å²) in [6.07, 6.45) is 16.6. The van der Waals surface area contributed by atoms with Crippen molar-refractivity contribution in [1.82, 2.24) is 0 Å². The van der Waals surface area contributed by atoms with Crippen molar-refractivity contribution in [1.29, 1.82) is 0 Å². The third kappa shape index (κ3) is 2.27. The average molecular weight is 369 g/mol. The van der Waals surface area contributed by atoms with E-state index in [4.69, 9.17) is 15.9 Å². The molecule has 1 heterocycles. The summed E-state index contributed by atoms with van der Waals surface area (Å²) >= 11 is 0. The number of hydrogen-bond acceptors (Lipinski definition) is 3. The summed E-state index contributed by atoms with van der Waals surface area (Å²) in [4.78, 5) is 0. The summed E-state index contributed by atoms with van der Waals surface area (Å²) in [5.74, 6) is 3.95. The fraction of sp³-hybridized carbons (Fsp3) is 0.750. The second-order valence-corrected chi connectivity index (χ2v) is 9.73. The number of fused-ring (bicyclic) bond motifs is 4. The first-order valence-electron chi connectivity index (χ1n) is 10.8. The zero-order valence-electron chi connectivity index (χ0n) is 16.7. The van der Waals surface area contributed by atoms with Crippen molar-refractivity contribution in [2.24, 2.45) is 22.7 Å². The first-order chi connectivity index (χ1) is 12.9. The maximum Gasteiger partial charge on any atom is 0.172 e. The van der Waals surface area contributed by atoms with Crippen molar-refractivity contribution < 1.29 is 14.6 Å². The molecule has 0 bridgehead atoms. The van der Waals surface area contributed by atoms with Crippen LogP contribution in [0.1, 0.15) is 65.2 Å². The molecule has 0 aromatic rings. The van der Waals surface area contributed by atoms with Crippen LogP contribution >= 0.6 is 0 Å². The van der Waals surface area contributed by atoms with Crippen LogP contribution in [0.4, 0.5) is 0 Å². The molecule has 146 valence electrons. The molecule has 1 aliphatic heterocycles. The predicted molar refractivity (Wildman–Crippen MR) is 105 cm³/mol. The number of allylic oxidation sites excluding steroid dienone is 3. The molecule has 1 saturated heterocycles. The molecule has 4 aliphatic carbocycles. The normalized spacial score (nSPS) is 43.6. The lowest BCUT2D eigenvalue weighted by Crippen LogP contribution is -2.49. The van der Waals surface area contributed by atoms with E-state index in [0.29, 0.717) is 11.8 Å². The van der Waals surface area contributed by atoms with Gasteiger partial charge >= 0.3 is 0 Å². The number of aliphatic hydroxyl groups excluding tert-OH is 1. The predicted octanol–water partition coefficient (Wildman–Crippen LogP) is 4.37. The van der Waals surface area contributed by atoms with Gasteiger partial charge in [0.1, 0.15) is 0 Å². The Labute approximate surface area is 163 Å². The van der Waals surface area contributed by atoms with Gasteiger partial charge in [-0.1, -0.05) is 24.5 Å². The highest BCUT2D eigenvalue weighted by Crippen LogP contribution is 2.67. The molecule has 3 nitrogen and oxygen atoms in total. The Hall–Kier alpha value is -1.08. The van der Waals surface area contributed by atoms with Gasteiger partial charge in [-0.25, -0.2) is 0 Å². The van der Waals surface area contributed by atoms with Crippen molar-refractivity contribution >= 4 is 0 Å². The van der Waals surface area contributed by atoms with Crippen LogP contribution in [0, 0.1) is 35.0 Å². The summed E-state index contributed by atoms with van der Waals surface area (Å²) in [5, 5.41) is 10.6. The van der Waals surface area contributed by atoms with Gasteiger partial charge in [-0.2, -0.15) is 0 Å². The monoisotopic (exact) mass is 368 g/mol. The lowest BCUT2D eigenvalue weighted by Gasteiger charge is -2.52. The molecule has 5 aliphatic rings. The van der Waals surface area contributed by atoms with Gasteiger partial charge < -0.3 is 14.6 Å². The number of aliphatic hydroxyl groups is 1. The van der Waals surface area contributed by atoms with E-state index in [1.165, 1.54) is 6.42 Å². The van der Waals surface area contributed by atoms with Crippen LogP contribution in [-0.2, 0) is 9.47 Å². The topological polar surface area (TPSA) is 38.7 Å². The highest BCUT2D eigenvalue weighted by molar-refractivity contribution is 5.45. The highest BCUT2D eigenvalue weighted by Gasteiger charge is 2.62. The minimum atomic E-state index is -0.447. The molecule has 5 rings (SSSR count). The van der Waals surface area contributed by atoms with Gasteiger partial charge in [-0.3, -0.25) is 0 Å². The molecule has 0 radical (unpaired) electrons. The highest BCUT2D eigenvalue weighted by atomic mass is 16.7. The Kier molecular flexibility index (Phi) is 3.97. The van der Waals surface area contributed by atoms with Crippen LogP contribution in [0.2, 0.25) is 0 Å². The summed E-state index contributed by atoms with van der Waals surface area (Å²) in [5.41, 5.74) is 4.41. The summed E-state index contributed by atoms with van der Waals surface area (Å²) in [7, 11) is 0. The number of ether oxygens (including phenoxy) is 2. The van der Waals surface area contributed by atoms with Crippen LogP contribution in [0.15, 0.2) is 22.8 Å². The van der Waals surface area contributed by atoms with E-state index in [-0.39, 0.29) is 16.6 Å². The van der Waals surface area contributed by atoms with Gasteiger partial charge in [0.25, 0.3) is 0 Å². The van der Waals surface area contributed by atoms with Gasteiger partial charge in [0.05, 0.1) is 24.7 Å². The molecule has 1 saturated carbocycles. The standard InChI is InChI=1S/C24H32O3/c1-4-23(16(2)25)11-9-21-20-6-5-17-15-24(26-13-14-27-24)12-8-18(17)19(20)7-10-22(21,23)3/h1,7,16,20-21,25H,5-6,8-15H2,2-3H3/t16-,20+,21-,22-,23+/m0/s1. The van der Waals surface area contributed by atoms with E-state index >= 15 is 0 Å². The van der Waals surface area contributed by atoms with Crippen molar-refractivity contribution in [2.75, 3.05) is 13.2 Å². The summed E-state index contributed by atoms with van der Waals surface area (Å²) in [6.45, 7) is 5.73. The smallest absolute Gasteiger partial charge is 0.172 e. The molecule has 0 aromatic carbocycles. The second-order valence-electron chi connectivity index (χ2n) is 9.73. The molecule has 5 atom stereocenters. The quantitative estimate of drug-likeness (QED) is 0.699. The molecule has 27 heavy (non-hydrogen) atoms. The van der Waals surface area contributed by atoms with Gasteiger partial charge in [0.2, 0.25) is 0 Å². The molecule has 2 fully saturated rings. The van der Waals surface area contributed by atoms with Gasteiger partial charge in [-0.15, -0.1) is 6.42 Å². The van der Waals surface area contributed by atoms with Gasteiger partial charge in [0.15, 0.2) is 5.79 Å². The third-order valence-corrected chi connectivity index (χ3v) is 8.87. The molecule has 1 N–H and O–H groups in total. The maximum atomic E-state index is 10.6.